The van der Waals surface area contributed by atoms with Crippen LogP contribution in [0.2, 0.25) is 0 Å². The lowest BCUT2D eigenvalue weighted by molar-refractivity contribution is 0.172. The minimum atomic E-state index is 0. The Morgan fingerprint density at radius 1 is 1.09 bits per heavy atom. The number of halogens is 1. The van der Waals surface area contributed by atoms with Crippen molar-refractivity contribution in [1.29, 1.82) is 0 Å². The average Bonchev–Trinajstić information content (AvgIpc) is 3.29. The van der Waals surface area contributed by atoms with Crippen molar-refractivity contribution in [2.24, 2.45) is 4.99 Å². The first-order valence-electron chi connectivity index (χ1n) is 11.5. The van der Waals surface area contributed by atoms with Gasteiger partial charge in [-0.05, 0) is 24.1 Å². The van der Waals surface area contributed by atoms with Crippen molar-refractivity contribution in [1.82, 2.24) is 29.9 Å². The van der Waals surface area contributed by atoms with Gasteiger partial charge in [0.2, 0.25) is 0 Å². The van der Waals surface area contributed by atoms with Gasteiger partial charge < -0.3 is 24.3 Å². The molecule has 1 aliphatic heterocycles. The van der Waals surface area contributed by atoms with E-state index >= 15 is 0 Å². The molecular weight excluding hydrogens is 533 g/mol. The highest BCUT2D eigenvalue weighted by Gasteiger charge is 2.20. The number of nitrogens with one attached hydrogen (secondary N) is 1. The van der Waals surface area contributed by atoms with Crippen LogP contribution in [0.1, 0.15) is 31.7 Å². The highest BCUT2D eigenvalue weighted by molar-refractivity contribution is 14.0. The summed E-state index contributed by atoms with van der Waals surface area (Å²) in [4.78, 5) is 9.66. The Labute approximate surface area is 214 Å². The first kappa shape index (κ1) is 27.2. The summed E-state index contributed by atoms with van der Waals surface area (Å²) in [5, 5.41) is 11.7. The van der Waals surface area contributed by atoms with Gasteiger partial charge >= 0.3 is 0 Å². The number of aliphatic imine (C=N–C) groups is 1. The number of rotatable bonds is 10. The summed E-state index contributed by atoms with van der Waals surface area (Å²) in [6.07, 6.45) is 3.73. The number of hydrogen-bond donors (Lipinski definition) is 1. The Morgan fingerprint density at radius 3 is 2.52 bits per heavy atom. The third-order valence-electron chi connectivity index (χ3n) is 5.66. The van der Waals surface area contributed by atoms with Crippen molar-refractivity contribution in [3.8, 4) is 11.5 Å². The quantitative estimate of drug-likeness (QED) is 0.267. The van der Waals surface area contributed by atoms with E-state index in [2.05, 4.69) is 55.9 Å². The molecule has 10 heteroatoms. The summed E-state index contributed by atoms with van der Waals surface area (Å²) in [6.45, 7) is 11.5. The SMILES string of the molecule is CCCN=C(NCCn1cnnc1CC)N1CCN(Cc2ccc(OC)c(OC)c2)CC1.I. The average molecular weight is 572 g/mol. The van der Waals surface area contributed by atoms with Gasteiger partial charge in [0.05, 0.1) is 14.2 Å². The number of ether oxygens (including phenoxy) is 2. The van der Waals surface area contributed by atoms with Gasteiger partial charge in [0, 0.05) is 58.8 Å². The Hall–Kier alpha value is -2.08. The molecule has 2 heterocycles. The van der Waals surface area contributed by atoms with Crippen LogP contribution in [0.4, 0.5) is 0 Å². The van der Waals surface area contributed by atoms with E-state index in [0.717, 1.165) is 88.5 Å². The van der Waals surface area contributed by atoms with Gasteiger partial charge in [-0.2, -0.15) is 0 Å². The second kappa shape index (κ2) is 14.2. The van der Waals surface area contributed by atoms with Crippen LogP contribution in [0.15, 0.2) is 29.5 Å². The Bertz CT molecular complexity index is 866. The summed E-state index contributed by atoms with van der Waals surface area (Å²) < 4.78 is 12.9. The smallest absolute Gasteiger partial charge is 0.194 e. The fourth-order valence-corrected chi connectivity index (χ4v) is 3.87. The molecule has 1 aliphatic rings. The van der Waals surface area contributed by atoms with E-state index in [0.29, 0.717) is 0 Å². The molecule has 0 bridgehead atoms. The summed E-state index contributed by atoms with van der Waals surface area (Å²) in [5.74, 6) is 3.56. The molecule has 0 radical (unpaired) electrons. The number of aryl methyl sites for hydroxylation is 1. The molecule has 1 aromatic carbocycles. The third kappa shape index (κ3) is 7.73. The summed E-state index contributed by atoms with van der Waals surface area (Å²) in [6, 6.07) is 6.15. The summed E-state index contributed by atoms with van der Waals surface area (Å²) in [7, 11) is 3.34. The molecule has 9 nitrogen and oxygen atoms in total. The number of aromatic nitrogens is 3. The normalized spacial score (nSPS) is 14.7. The van der Waals surface area contributed by atoms with Gasteiger partial charge in [-0.25, -0.2) is 0 Å². The van der Waals surface area contributed by atoms with E-state index in [9.17, 15) is 0 Å². The predicted molar refractivity (Wildman–Crippen MR) is 142 cm³/mol. The van der Waals surface area contributed by atoms with E-state index in [4.69, 9.17) is 14.5 Å². The van der Waals surface area contributed by atoms with Crippen molar-refractivity contribution < 1.29 is 9.47 Å². The zero-order chi connectivity index (χ0) is 22.8. The molecule has 1 aromatic heterocycles. The molecule has 2 aromatic rings. The fraction of sp³-hybridized carbons (Fsp3) is 0.609. The monoisotopic (exact) mass is 571 g/mol. The van der Waals surface area contributed by atoms with Gasteiger partial charge in [0.1, 0.15) is 12.2 Å². The van der Waals surface area contributed by atoms with Crippen LogP contribution in [0, 0.1) is 0 Å². The second-order valence-corrected chi connectivity index (χ2v) is 7.88. The lowest BCUT2D eigenvalue weighted by Crippen LogP contribution is -2.52. The molecule has 1 saturated heterocycles. The molecule has 3 rings (SSSR count). The number of hydrogen-bond acceptors (Lipinski definition) is 6. The van der Waals surface area contributed by atoms with Crippen LogP contribution < -0.4 is 14.8 Å². The van der Waals surface area contributed by atoms with Crippen molar-refractivity contribution >= 4 is 29.9 Å². The fourth-order valence-electron chi connectivity index (χ4n) is 3.87. The van der Waals surface area contributed by atoms with Gasteiger partial charge in [0.25, 0.3) is 0 Å². The molecule has 1 N–H and O–H groups in total. The van der Waals surface area contributed by atoms with E-state index in [1.165, 1.54) is 5.56 Å². The van der Waals surface area contributed by atoms with Crippen molar-refractivity contribution in [3.63, 3.8) is 0 Å². The minimum Gasteiger partial charge on any atom is -0.493 e. The maximum absolute atomic E-state index is 5.45. The van der Waals surface area contributed by atoms with Crippen molar-refractivity contribution in [2.75, 3.05) is 53.5 Å². The Morgan fingerprint density at radius 2 is 1.85 bits per heavy atom. The number of methoxy groups -OCH3 is 2. The number of guanidine groups is 1. The van der Waals surface area contributed by atoms with Gasteiger partial charge in [-0.3, -0.25) is 9.89 Å². The highest BCUT2D eigenvalue weighted by Crippen LogP contribution is 2.28. The first-order chi connectivity index (χ1) is 15.7. The molecule has 0 atom stereocenters. The molecule has 0 unspecified atom stereocenters. The van der Waals surface area contributed by atoms with Gasteiger partial charge in [-0.1, -0.05) is 19.9 Å². The van der Waals surface area contributed by atoms with Crippen molar-refractivity contribution in [2.45, 2.75) is 39.8 Å². The van der Waals surface area contributed by atoms with E-state index in [-0.39, 0.29) is 24.0 Å². The van der Waals surface area contributed by atoms with E-state index in [1.807, 2.05) is 6.07 Å². The molecular formula is C23H38IN7O2. The molecule has 33 heavy (non-hydrogen) atoms. The van der Waals surface area contributed by atoms with Crippen LogP contribution >= 0.6 is 24.0 Å². The first-order valence-corrected chi connectivity index (χ1v) is 11.5. The molecule has 1 fully saturated rings. The standard InChI is InChI=1S/C23H37N7O2.HI/c1-5-9-24-23(25-10-11-30-18-26-27-22(30)6-2)29-14-12-28(13-15-29)17-19-7-8-20(31-3)21(16-19)32-4;/h7-8,16,18H,5-6,9-15,17H2,1-4H3,(H,24,25);1H. The third-order valence-corrected chi connectivity index (χ3v) is 5.66. The second-order valence-electron chi connectivity index (χ2n) is 7.88. The topological polar surface area (TPSA) is 80.0 Å². The van der Waals surface area contributed by atoms with Crippen LogP contribution in [0.3, 0.4) is 0 Å². The summed E-state index contributed by atoms with van der Waals surface area (Å²) in [5.41, 5.74) is 1.23. The number of benzene rings is 1. The zero-order valence-electron chi connectivity index (χ0n) is 20.3. The molecule has 0 aliphatic carbocycles. The van der Waals surface area contributed by atoms with E-state index < -0.39 is 0 Å². The predicted octanol–water partition coefficient (Wildman–Crippen LogP) is 2.65. The Kier molecular flexibility index (Phi) is 11.7. The lowest BCUT2D eigenvalue weighted by Gasteiger charge is -2.36. The van der Waals surface area contributed by atoms with Crippen LogP contribution in [0.25, 0.3) is 0 Å². The van der Waals surface area contributed by atoms with Gasteiger partial charge in [0.15, 0.2) is 17.5 Å². The van der Waals surface area contributed by atoms with Crippen LogP contribution in [0.5, 0.6) is 11.5 Å². The molecule has 0 saturated carbocycles. The lowest BCUT2D eigenvalue weighted by atomic mass is 10.1. The molecule has 0 amide bonds. The van der Waals surface area contributed by atoms with Crippen LogP contribution in [-0.4, -0.2) is 84.0 Å². The maximum atomic E-state index is 5.45. The molecule has 0 spiro atoms. The molecule has 184 valence electrons. The van der Waals surface area contributed by atoms with E-state index in [1.54, 1.807) is 20.5 Å². The minimum absolute atomic E-state index is 0. The van der Waals surface area contributed by atoms with Crippen LogP contribution in [-0.2, 0) is 19.5 Å². The van der Waals surface area contributed by atoms with Crippen molar-refractivity contribution in [3.05, 3.63) is 35.9 Å². The number of piperazine rings is 1. The largest absolute Gasteiger partial charge is 0.493 e. The zero-order valence-corrected chi connectivity index (χ0v) is 22.6. The Balaban J connectivity index is 0.00000385. The van der Waals surface area contributed by atoms with Gasteiger partial charge in [-0.15, -0.1) is 34.2 Å². The highest BCUT2D eigenvalue weighted by atomic mass is 127. The number of nitrogens with zero attached hydrogens (tertiary/aromatic N) is 6. The maximum Gasteiger partial charge on any atom is 0.194 e. The summed E-state index contributed by atoms with van der Waals surface area (Å²) >= 11 is 0.